The van der Waals surface area contributed by atoms with Gasteiger partial charge in [0, 0.05) is 23.1 Å². The number of alkyl halides is 3. The predicted octanol–water partition coefficient (Wildman–Crippen LogP) is 4.70. The summed E-state index contributed by atoms with van der Waals surface area (Å²) in [6.45, 7) is 3.43. The first-order chi connectivity index (χ1) is 13.7. The Labute approximate surface area is 165 Å². The summed E-state index contributed by atoms with van der Waals surface area (Å²) in [6.07, 6.45) is -3.26. The van der Waals surface area contributed by atoms with Crippen molar-refractivity contribution >= 4 is 16.8 Å². The van der Waals surface area contributed by atoms with Crippen molar-refractivity contribution in [2.24, 2.45) is 5.92 Å². The van der Waals surface area contributed by atoms with Crippen LogP contribution < -0.4 is 10.1 Å². The highest BCUT2D eigenvalue weighted by Gasteiger charge is 2.31. The van der Waals surface area contributed by atoms with Gasteiger partial charge in [-0.25, -0.2) is 0 Å². The lowest BCUT2D eigenvalue weighted by atomic mass is 9.95. The molecular weight excluding hydrogens is 385 g/mol. The summed E-state index contributed by atoms with van der Waals surface area (Å²) in [5.74, 6) is -1.08. The van der Waals surface area contributed by atoms with E-state index in [1.165, 1.54) is 18.3 Å². The number of carbonyl (C=O) groups is 1. The molecule has 2 aromatic carbocycles. The molecule has 1 unspecified atom stereocenters. The number of phenols is 1. The molecule has 0 spiro atoms. The first-order valence-corrected chi connectivity index (χ1v) is 8.88. The molecule has 0 saturated heterocycles. The Morgan fingerprint density at radius 3 is 2.41 bits per heavy atom. The van der Waals surface area contributed by atoms with Crippen molar-refractivity contribution in [1.29, 1.82) is 0 Å². The summed E-state index contributed by atoms with van der Waals surface area (Å²) in [6, 6.07) is 11.3. The zero-order chi connectivity index (χ0) is 21.2. The van der Waals surface area contributed by atoms with Crippen LogP contribution in [0.25, 0.3) is 10.9 Å². The van der Waals surface area contributed by atoms with Gasteiger partial charge in [-0.3, -0.25) is 9.78 Å². The first kappa shape index (κ1) is 20.4. The molecule has 8 heteroatoms. The molecule has 1 heterocycles. The van der Waals surface area contributed by atoms with E-state index in [1.807, 2.05) is 0 Å². The molecule has 1 amide bonds. The topological polar surface area (TPSA) is 71.5 Å². The van der Waals surface area contributed by atoms with Gasteiger partial charge in [-0.05, 0) is 23.8 Å². The predicted molar refractivity (Wildman–Crippen MR) is 101 cm³/mol. The summed E-state index contributed by atoms with van der Waals surface area (Å²) in [5, 5.41) is 14.3. The SMILES string of the molecule is CC(C)C(=O)NC(c1ccc(OC(F)(F)F)cc1)c1ccc2cccnc2c1O. The van der Waals surface area contributed by atoms with Crippen molar-refractivity contribution in [3.63, 3.8) is 0 Å². The van der Waals surface area contributed by atoms with Crippen LogP contribution in [0.4, 0.5) is 13.2 Å². The van der Waals surface area contributed by atoms with E-state index < -0.39 is 12.4 Å². The summed E-state index contributed by atoms with van der Waals surface area (Å²) >= 11 is 0. The second-order valence-corrected chi connectivity index (χ2v) is 6.79. The van der Waals surface area contributed by atoms with Crippen LogP contribution in [0.5, 0.6) is 11.5 Å². The van der Waals surface area contributed by atoms with Crippen LogP contribution in [0.3, 0.4) is 0 Å². The zero-order valence-corrected chi connectivity index (χ0v) is 15.7. The molecule has 5 nitrogen and oxygen atoms in total. The highest BCUT2D eigenvalue weighted by Crippen LogP contribution is 2.35. The minimum absolute atomic E-state index is 0.104. The number of hydrogen-bond acceptors (Lipinski definition) is 4. The summed E-state index contributed by atoms with van der Waals surface area (Å²) in [7, 11) is 0. The quantitative estimate of drug-likeness (QED) is 0.647. The second kappa shape index (κ2) is 7.98. The van der Waals surface area contributed by atoms with E-state index >= 15 is 0 Å². The maximum Gasteiger partial charge on any atom is 0.573 e. The molecule has 3 aromatic rings. The number of halogens is 3. The van der Waals surface area contributed by atoms with E-state index in [4.69, 9.17) is 0 Å². The van der Waals surface area contributed by atoms with Crippen molar-refractivity contribution in [2.45, 2.75) is 26.3 Å². The molecule has 1 atom stereocenters. The molecule has 0 aliphatic carbocycles. The Bertz CT molecular complexity index is 1020. The number of nitrogens with zero attached hydrogens (tertiary/aromatic N) is 1. The van der Waals surface area contributed by atoms with Crippen LogP contribution in [0.2, 0.25) is 0 Å². The second-order valence-electron chi connectivity index (χ2n) is 6.79. The number of rotatable bonds is 5. The van der Waals surface area contributed by atoms with Gasteiger partial charge in [0.25, 0.3) is 0 Å². The Kier molecular flexibility index (Phi) is 5.63. The number of nitrogens with one attached hydrogen (secondary N) is 1. The summed E-state index contributed by atoms with van der Waals surface area (Å²) < 4.78 is 41.1. The fourth-order valence-electron chi connectivity index (χ4n) is 2.89. The van der Waals surface area contributed by atoms with Crippen LogP contribution in [0.1, 0.15) is 31.0 Å². The number of fused-ring (bicyclic) bond motifs is 1. The molecule has 29 heavy (non-hydrogen) atoms. The van der Waals surface area contributed by atoms with Crippen molar-refractivity contribution in [3.8, 4) is 11.5 Å². The van der Waals surface area contributed by atoms with Gasteiger partial charge in [0.15, 0.2) is 0 Å². The molecule has 2 N–H and O–H groups in total. The Hall–Kier alpha value is -3.29. The van der Waals surface area contributed by atoms with Crippen LogP contribution in [-0.4, -0.2) is 22.4 Å². The molecule has 152 valence electrons. The van der Waals surface area contributed by atoms with E-state index in [1.54, 1.807) is 38.1 Å². The van der Waals surface area contributed by atoms with E-state index in [0.29, 0.717) is 16.6 Å². The van der Waals surface area contributed by atoms with Crippen molar-refractivity contribution in [2.75, 3.05) is 0 Å². The largest absolute Gasteiger partial charge is 0.573 e. The number of carbonyl (C=O) groups excluding carboxylic acids is 1. The van der Waals surface area contributed by atoms with E-state index in [-0.39, 0.29) is 23.3 Å². The molecular formula is C21H19F3N2O3. The van der Waals surface area contributed by atoms with Gasteiger partial charge >= 0.3 is 6.36 Å². The third kappa shape index (κ3) is 4.77. The number of amides is 1. The fraction of sp³-hybridized carbons (Fsp3) is 0.238. The summed E-state index contributed by atoms with van der Waals surface area (Å²) in [5.41, 5.74) is 1.24. The molecule has 0 aliphatic rings. The Balaban J connectivity index is 2.04. The molecule has 0 fully saturated rings. The third-order valence-electron chi connectivity index (χ3n) is 4.35. The lowest BCUT2D eigenvalue weighted by Crippen LogP contribution is -2.32. The van der Waals surface area contributed by atoms with E-state index in [2.05, 4.69) is 15.0 Å². The Morgan fingerprint density at radius 1 is 1.10 bits per heavy atom. The van der Waals surface area contributed by atoms with Gasteiger partial charge in [-0.15, -0.1) is 13.2 Å². The fourth-order valence-corrected chi connectivity index (χ4v) is 2.89. The number of pyridine rings is 1. The van der Waals surface area contributed by atoms with Crippen molar-refractivity contribution in [1.82, 2.24) is 10.3 Å². The third-order valence-corrected chi connectivity index (χ3v) is 4.35. The van der Waals surface area contributed by atoms with Gasteiger partial charge in [0.1, 0.15) is 17.0 Å². The minimum atomic E-state index is -4.80. The molecule has 0 saturated carbocycles. The lowest BCUT2D eigenvalue weighted by molar-refractivity contribution is -0.274. The van der Waals surface area contributed by atoms with E-state index in [0.717, 1.165) is 17.5 Å². The normalized spacial score (nSPS) is 12.8. The number of hydrogen-bond donors (Lipinski definition) is 2. The molecule has 0 aliphatic heterocycles. The molecule has 0 radical (unpaired) electrons. The number of benzene rings is 2. The molecule has 3 rings (SSSR count). The number of ether oxygens (including phenoxy) is 1. The van der Waals surface area contributed by atoms with Crippen LogP contribution in [0.15, 0.2) is 54.7 Å². The Morgan fingerprint density at radius 2 is 1.79 bits per heavy atom. The number of phenolic OH excluding ortho intramolecular Hbond substituents is 1. The highest BCUT2D eigenvalue weighted by atomic mass is 19.4. The summed E-state index contributed by atoms with van der Waals surface area (Å²) in [4.78, 5) is 16.5. The maximum absolute atomic E-state index is 12.4. The van der Waals surface area contributed by atoms with Crippen molar-refractivity contribution in [3.05, 3.63) is 65.9 Å². The standard InChI is InChI=1S/C21H19F3N2O3/c1-12(2)20(28)26-17(14-5-8-15(9-6-14)29-21(22,23)24)16-10-7-13-4-3-11-25-18(13)19(16)27/h3-12,17,27H,1-2H3,(H,26,28). The monoisotopic (exact) mass is 404 g/mol. The number of aromatic hydroxyl groups is 1. The minimum Gasteiger partial charge on any atom is -0.505 e. The van der Waals surface area contributed by atoms with Gasteiger partial charge in [0.05, 0.1) is 6.04 Å². The molecule has 1 aromatic heterocycles. The zero-order valence-electron chi connectivity index (χ0n) is 15.7. The average molecular weight is 404 g/mol. The van der Waals surface area contributed by atoms with Crippen LogP contribution >= 0.6 is 0 Å². The van der Waals surface area contributed by atoms with Gasteiger partial charge < -0.3 is 15.2 Å². The lowest BCUT2D eigenvalue weighted by Gasteiger charge is -2.23. The average Bonchev–Trinajstić information content (AvgIpc) is 2.66. The molecule has 0 bridgehead atoms. The highest BCUT2D eigenvalue weighted by molar-refractivity contribution is 5.86. The smallest absolute Gasteiger partial charge is 0.505 e. The van der Waals surface area contributed by atoms with E-state index in [9.17, 15) is 23.1 Å². The van der Waals surface area contributed by atoms with Crippen LogP contribution in [-0.2, 0) is 4.79 Å². The van der Waals surface area contributed by atoms with Gasteiger partial charge in [0.2, 0.25) is 5.91 Å². The number of aromatic nitrogens is 1. The van der Waals surface area contributed by atoms with Crippen LogP contribution in [0, 0.1) is 5.92 Å². The first-order valence-electron chi connectivity index (χ1n) is 8.88. The maximum atomic E-state index is 12.4. The van der Waals surface area contributed by atoms with Crippen molar-refractivity contribution < 1.29 is 27.8 Å². The van der Waals surface area contributed by atoms with Gasteiger partial charge in [-0.1, -0.05) is 44.2 Å². The van der Waals surface area contributed by atoms with Gasteiger partial charge in [-0.2, -0.15) is 0 Å².